The average Bonchev–Trinajstić information content (AvgIpc) is 2.00. The normalized spacial score (nSPS) is 20.7. The Bertz CT molecular complexity index is 287. The van der Waals surface area contributed by atoms with Crippen molar-refractivity contribution in [1.29, 1.82) is 0 Å². The molecule has 0 aromatic rings. The Balaban J connectivity index is 2.60. The molecule has 0 aromatic heterocycles. The summed E-state index contributed by atoms with van der Waals surface area (Å²) in [6.45, 7) is 5.26. The van der Waals surface area contributed by atoms with Crippen molar-refractivity contribution in [2.45, 2.75) is 51.6 Å². The van der Waals surface area contributed by atoms with Gasteiger partial charge in [0.1, 0.15) is 5.60 Å². The van der Waals surface area contributed by atoms with Gasteiger partial charge in [0.2, 0.25) is 0 Å². The highest BCUT2D eigenvalue weighted by molar-refractivity contribution is 5.88. The first-order chi connectivity index (χ1) is 6.70. The molecule has 1 aliphatic carbocycles. The first kappa shape index (κ1) is 12.1. The zero-order chi connectivity index (χ0) is 11.7. The summed E-state index contributed by atoms with van der Waals surface area (Å²) in [7, 11) is 0. The third-order valence-electron chi connectivity index (χ3n) is 2.07. The van der Waals surface area contributed by atoms with Crippen molar-refractivity contribution in [2.75, 3.05) is 0 Å². The number of rotatable bonds is 1. The smallest absolute Gasteiger partial charge is 0.334 e. The number of ether oxygens (including phenoxy) is 1. The molecule has 0 bridgehead atoms. The van der Waals surface area contributed by atoms with Crippen LogP contribution in [0, 0.1) is 0 Å². The van der Waals surface area contributed by atoms with Gasteiger partial charge in [0, 0.05) is 18.4 Å². The lowest BCUT2D eigenvalue weighted by atomic mass is 9.96. The molecule has 0 heterocycles. The maximum atomic E-state index is 12.8. The molecule has 0 aromatic carbocycles. The van der Waals surface area contributed by atoms with Crippen LogP contribution in [0.4, 0.5) is 8.78 Å². The van der Waals surface area contributed by atoms with Gasteiger partial charge in [-0.05, 0) is 27.2 Å². The third-order valence-corrected chi connectivity index (χ3v) is 2.07. The standard InChI is InChI=1S/C11H16F2O2/c1-10(2,3)15-9(14)8-4-6-11(12,13)7-5-8/h4H,5-7H2,1-3H3. The molecule has 0 amide bonds. The minimum atomic E-state index is -2.66. The number of halogens is 2. The summed E-state index contributed by atoms with van der Waals surface area (Å²) in [5, 5.41) is 0. The van der Waals surface area contributed by atoms with E-state index in [1.165, 1.54) is 6.08 Å². The van der Waals surface area contributed by atoms with Crippen molar-refractivity contribution in [3.05, 3.63) is 11.6 Å². The molecule has 0 aliphatic heterocycles. The van der Waals surface area contributed by atoms with Crippen molar-refractivity contribution in [2.24, 2.45) is 0 Å². The van der Waals surface area contributed by atoms with Gasteiger partial charge in [-0.2, -0.15) is 0 Å². The number of carbonyl (C=O) groups excluding carboxylic acids is 1. The Labute approximate surface area is 88.3 Å². The van der Waals surface area contributed by atoms with Crippen LogP contribution >= 0.6 is 0 Å². The van der Waals surface area contributed by atoms with Gasteiger partial charge >= 0.3 is 5.97 Å². The molecular weight excluding hydrogens is 202 g/mol. The van der Waals surface area contributed by atoms with Crippen molar-refractivity contribution >= 4 is 5.97 Å². The van der Waals surface area contributed by atoms with E-state index in [0.29, 0.717) is 5.57 Å². The highest BCUT2D eigenvalue weighted by atomic mass is 19.3. The van der Waals surface area contributed by atoms with E-state index in [1.54, 1.807) is 20.8 Å². The second-order valence-corrected chi connectivity index (χ2v) is 4.79. The molecule has 0 spiro atoms. The minimum absolute atomic E-state index is 0.0991. The third kappa shape index (κ3) is 3.98. The minimum Gasteiger partial charge on any atom is -0.457 e. The Kier molecular flexibility index (Phi) is 3.16. The van der Waals surface area contributed by atoms with Crippen LogP contribution in [0.3, 0.4) is 0 Å². The van der Waals surface area contributed by atoms with E-state index in [-0.39, 0.29) is 19.3 Å². The largest absolute Gasteiger partial charge is 0.457 e. The van der Waals surface area contributed by atoms with Crippen molar-refractivity contribution < 1.29 is 18.3 Å². The number of allylic oxidation sites excluding steroid dienone is 1. The van der Waals surface area contributed by atoms with Crippen molar-refractivity contribution in [1.82, 2.24) is 0 Å². The van der Waals surface area contributed by atoms with Gasteiger partial charge in [0.15, 0.2) is 0 Å². The Morgan fingerprint density at radius 2 is 2.07 bits per heavy atom. The monoisotopic (exact) mass is 218 g/mol. The van der Waals surface area contributed by atoms with Gasteiger partial charge in [-0.25, -0.2) is 13.6 Å². The lowest BCUT2D eigenvalue weighted by Crippen LogP contribution is -2.27. The summed E-state index contributed by atoms with van der Waals surface area (Å²) >= 11 is 0. The van der Waals surface area contributed by atoms with Crippen LogP contribution in [0.5, 0.6) is 0 Å². The number of alkyl halides is 2. The SMILES string of the molecule is CC(C)(C)OC(=O)C1=CCC(F)(F)CC1. The molecule has 86 valence electrons. The van der Waals surface area contributed by atoms with E-state index in [4.69, 9.17) is 4.74 Å². The number of hydrogen-bond donors (Lipinski definition) is 0. The lowest BCUT2D eigenvalue weighted by molar-refractivity contribution is -0.150. The fraction of sp³-hybridized carbons (Fsp3) is 0.727. The molecule has 0 saturated carbocycles. The van der Waals surface area contributed by atoms with Crippen LogP contribution in [0.25, 0.3) is 0 Å². The van der Waals surface area contributed by atoms with Crippen molar-refractivity contribution in [3.63, 3.8) is 0 Å². The Morgan fingerprint density at radius 3 is 2.47 bits per heavy atom. The maximum absolute atomic E-state index is 12.8. The summed E-state index contributed by atoms with van der Waals surface area (Å²) < 4.78 is 30.7. The van der Waals surface area contributed by atoms with Crippen LogP contribution in [-0.4, -0.2) is 17.5 Å². The van der Waals surface area contributed by atoms with Gasteiger partial charge in [-0.3, -0.25) is 0 Å². The number of carbonyl (C=O) groups is 1. The number of esters is 1. The summed E-state index contributed by atoms with van der Waals surface area (Å²) in [6.07, 6.45) is 0.763. The molecule has 0 atom stereocenters. The van der Waals surface area contributed by atoms with Gasteiger partial charge in [-0.1, -0.05) is 6.08 Å². The summed E-state index contributed by atoms with van der Waals surface area (Å²) in [6, 6.07) is 0. The predicted octanol–water partition coefficient (Wildman–Crippen LogP) is 3.07. The zero-order valence-corrected chi connectivity index (χ0v) is 9.27. The zero-order valence-electron chi connectivity index (χ0n) is 9.27. The maximum Gasteiger partial charge on any atom is 0.334 e. The van der Waals surface area contributed by atoms with E-state index in [0.717, 1.165) is 0 Å². The molecule has 1 rings (SSSR count). The lowest BCUT2D eigenvalue weighted by Gasteiger charge is -2.24. The second-order valence-electron chi connectivity index (χ2n) is 4.79. The molecule has 0 fully saturated rings. The topological polar surface area (TPSA) is 26.3 Å². The van der Waals surface area contributed by atoms with E-state index in [1.807, 2.05) is 0 Å². The fourth-order valence-electron chi connectivity index (χ4n) is 1.32. The highest BCUT2D eigenvalue weighted by Gasteiger charge is 2.33. The molecule has 2 nitrogen and oxygen atoms in total. The van der Waals surface area contributed by atoms with Crippen LogP contribution in [0.15, 0.2) is 11.6 Å². The average molecular weight is 218 g/mol. The Hall–Kier alpha value is -0.930. The summed E-state index contributed by atoms with van der Waals surface area (Å²) in [5.74, 6) is -3.14. The van der Waals surface area contributed by atoms with E-state index in [2.05, 4.69) is 0 Å². The van der Waals surface area contributed by atoms with E-state index in [9.17, 15) is 13.6 Å². The van der Waals surface area contributed by atoms with Crippen LogP contribution < -0.4 is 0 Å². The molecule has 0 N–H and O–H groups in total. The summed E-state index contributed by atoms with van der Waals surface area (Å²) in [5.41, 5.74) is -0.200. The summed E-state index contributed by atoms with van der Waals surface area (Å²) in [4.78, 5) is 11.5. The van der Waals surface area contributed by atoms with Gasteiger partial charge in [0.05, 0.1) is 0 Å². The predicted molar refractivity (Wildman–Crippen MR) is 52.7 cm³/mol. The van der Waals surface area contributed by atoms with Crippen LogP contribution in [0.1, 0.15) is 40.0 Å². The fourth-order valence-corrected chi connectivity index (χ4v) is 1.32. The molecular formula is C11H16F2O2. The number of hydrogen-bond acceptors (Lipinski definition) is 2. The van der Waals surface area contributed by atoms with Gasteiger partial charge in [0.25, 0.3) is 5.92 Å². The van der Waals surface area contributed by atoms with E-state index < -0.39 is 17.5 Å². The van der Waals surface area contributed by atoms with Crippen LogP contribution in [-0.2, 0) is 9.53 Å². The van der Waals surface area contributed by atoms with Gasteiger partial charge < -0.3 is 4.74 Å². The molecule has 0 unspecified atom stereocenters. The van der Waals surface area contributed by atoms with Gasteiger partial charge in [-0.15, -0.1) is 0 Å². The molecule has 4 heteroatoms. The Morgan fingerprint density at radius 1 is 1.47 bits per heavy atom. The molecule has 0 radical (unpaired) electrons. The molecule has 0 saturated heterocycles. The van der Waals surface area contributed by atoms with E-state index >= 15 is 0 Å². The van der Waals surface area contributed by atoms with Crippen molar-refractivity contribution in [3.8, 4) is 0 Å². The molecule has 15 heavy (non-hydrogen) atoms. The first-order valence-electron chi connectivity index (χ1n) is 5.00. The second kappa shape index (κ2) is 3.91. The molecule has 1 aliphatic rings. The first-order valence-corrected chi connectivity index (χ1v) is 5.00. The quantitative estimate of drug-likeness (QED) is 0.632. The van der Waals surface area contributed by atoms with Crippen LogP contribution in [0.2, 0.25) is 0 Å². The highest BCUT2D eigenvalue weighted by Crippen LogP contribution is 2.32.